The largest absolute Gasteiger partial charge is 0.359 e. The predicted molar refractivity (Wildman–Crippen MR) is 83.5 cm³/mol. The number of hydrogen-bond acceptors (Lipinski definition) is 4. The van der Waals surface area contributed by atoms with Crippen molar-refractivity contribution >= 4 is 22.6 Å². The van der Waals surface area contributed by atoms with Crippen LogP contribution in [-0.2, 0) is 6.54 Å². The average Bonchev–Trinajstić information content (AvgIpc) is 3.17. The number of benzene rings is 1. The summed E-state index contributed by atoms with van der Waals surface area (Å²) in [7, 11) is 0. The molecule has 7 heteroatoms. The maximum Gasteiger partial charge on any atom is 0.157 e. The van der Waals surface area contributed by atoms with Crippen LogP contribution in [0.2, 0.25) is 5.15 Å². The summed E-state index contributed by atoms with van der Waals surface area (Å²) in [6.45, 7) is 0.415. The van der Waals surface area contributed by atoms with Gasteiger partial charge in [0.25, 0.3) is 0 Å². The van der Waals surface area contributed by atoms with Gasteiger partial charge >= 0.3 is 0 Å². The van der Waals surface area contributed by atoms with Gasteiger partial charge in [-0.25, -0.2) is 14.4 Å². The minimum atomic E-state index is -0.335. The van der Waals surface area contributed by atoms with Gasteiger partial charge in [-0.2, -0.15) is 0 Å². The van der Waals surface area contributed by atoms with Gasteiger partial charge in [0.05, 0.1) is 11.9 Å². The molecule has 0 amide bonds. The van der Waals surface area contributed by atoms with Crippen molar-refractivity contribution in [3.8, 4) is 11.3 Å². The van der Waals surface area contributed by atoms with Gasteiger partial charge in [-0.3, -0.25) is 0 Å². The van der Waals surface area contributed by atoms with Crippen LogP contribution in [0, 0.1) is 5.82 Å². The molecule has 1 aromatic carbocycles. The molecule has 114 valence electrons. The second-order valence-electron chi connectivity index (χ2n) is 5.00. The zero-order valence-corrected chi connectivity index (χ0v) is 12.5. The Morgan fingerprint density at radius 1 is 1.17 bits per heavy atom. The van der Waals surface area contributed by atoms with Gasteiger partial charge in [0, 0.05) is 17.8 Å². The molecule has 3 aromatic heterocycles. The number of halogens is 2. The molecule has 0 spiro atoms. The Hall–Kier alpha value is -2.73. The Kier molecular flexibility index (Phi) is 3.31. The maximum absolute atomic E-state index is 13.8. The van der Waals surface area contributed by atoms with Gasteiger partial charge in [0.2, 0.25) is 0 Å². The van der Waals surface area contributed by atoms with Crippen molar-refractivity contribution in [2.24, 2.45) is 0 Å². The molecule has 3 heterocycles. The highest BCUT2D eigenvalue weighted by Crippen LogP contribution is 2.24. The monoisotopic (exact) mass is 328 g/mol. The third-order valence-corrected chi connectivity index (χ3v) is 3.84. The Morgan fingerprint density at radius 2 is 2.04 bits per heavy atom. The van der Waals surface area contributed by atoms with E-state index >= 15 is 0 Å². The van der Waals surface area contributed by atoms with Crippen molar-refractivity contribution in [3.05, 3.63) is 65.7 Å². The summed E-state index contributed by atoms with van der Waals surface area (Å²) in [4.78, 5) is 8.17. The summed E-state index contributed by atoms with van der Waals surface area (Å²) in [6, 6.07) is 10.00. The van der Waals surface area contributed by atoms with Gasteiger partial charge in [-0.1, -0.05) is 28.9 Å². The highest BCUT2D eigenvalue weighted by Gasteiger charge is 2.12. The van der Waals surface area contributed by atoms with E-state index < -0.39 is 0 Å². The Morgan fingerprint density at radius 3 is 2.91 bits per heavy atom. The Bertz CT molecular complexity index is 995. The second-order valence-corrected chi connectivity index (χ2v) is 5.36. The minimum absolute atomic E-state index is 0.335. The first-order valence-corrected chi connectivity index (χ1v) is 7.26. The van der Waals surface area contributed by atoms with Gasteiger partial charge in [-0.05, 0) is 18.2 Å². The predicted octanol–water partition coefficient (Wildman–Crippen LogP) is 3.93. The van der Waals surface area contributed by atoms with E-state index in [1.165, 1.54) is 12.4 Å². The van der Waals surface area contributed by atoms with Crippen LogP contribution >= 0.6 is 11.6 Å². The molecule has 0 N–H and O–H groups in total. The van der Waals surface area contributed by atoms with E-state index in [1.807, 2.05) is 16.8 Å². The second kappa shape index (κ2) is 5.48. The molecule has 4 aromatic rings. The molecule has 0 fully saturated rings. The number of aromatic nitrogens is 4. The molecule has 0 radical (unpaired) electrons. The Labute approximate surface area is 135 Å². The van der Waals surface area contributed by atoms with Crippen molar-refractivity contribution in [1.82, 2.24) is 19.7 Å². The summed E-state index contributed by atoms with van der Waals surface area (Å²) in [5, 5.41) is 5.11. The standard InChI is InChI=1S/C16H10ClFN4O/c17-15-12-5-6-22(16(12)20-9-19-15)8-10-7-14(21-23-10)11-3-1-2-4-13(11)18/h1-7,9H,8H2. The van der Waals surface area contributed by atoms with Crippen molar-refractivity contribution < 1.29 is 8.91 Å². The molecular formula is C16H10ClFN4O. The quantitative estimate of drug-likeness (QED) is 0.535. The number of nitrogens with zero attached hydrogens (tertiary/aromatic N) is 4. The lowest BCUT2D eigenvalue weighted by Crippen LogP contribution is -1.98. The Balaban J connectivity index is 1.67. The fourth-order valence-electron chi connectivity index (χ4n) is 2.45. The summed E-state index contributed by atoms with van der Waals surface area (Å²) in [5.74, 6) is 0.258. The first-order chi connectivity index (χ1) is 11.2. The zero-order chi connectivity index (χ0) is 15.8. The lowest BCUT2D eigenvalue weighted by atomic mass is 10.1. The van der Waals surface area contributed by atoms with Crippen molar-refractivity contribution in [1.29, 1.82) is 0 Å². The molecule has 0 bridgehead atoms. The minimum Gasteiger partial charge on any atom is -0.359 e. The first-order valence-electron chi connectivity index (χ1n) is 6.88. The van der Waals surface area contributed by atoms with Crippen LogP contribution in [0.15, 0.2) is 53.4 Å². The van der Waals surface area contributed by atoms with E-state index in [1.54, 1.807) is 24.3 Å². The summed E-state index contributed by atoms with van der Waals surface area (Å²) < 4.78 is 21.0. The SMILES string of the molecule is Fc1ccccc1-c1cc(Cn2ccc3c(Cl)ncnc32)on1. The highest BCUT2D eigenvalue weighted by molar-refractivity contribution is 6.33. The van der Waals surface area contributed by atoms with E-state index in [-0.39, 0.29) is 5.82 Å². The molecule has 0 aliphatic heterocycles. The van der Waals surface area contributed by atoms with Crippen molar-refractivity contribution in [3.63, 3.8) is 0 Å². The number of rotatable bonds is 3. The van der Waals surface area contributed by atoms with Crippen molar-refractivity contribution in [2.75, 3.05) is 0 Å². The third kappa shape index (κ3) is 2.47. The molecule has 23 heavy (non-hydrogen) atoms. The van der Waals surface area contributed by atoms with Crippen molar-refractivity contribution in [2.45, 2.75) is 6.54 Å². The zero-order valence-electron chi connectivity index (χ0n) is 11.8. The van der Waals surface area contributed by atoms with Gasteiger partial charge in [0.1, 0.15) is 28.6 Å². The summed E-state index contributed by atoms with van der Waals surface area (Å²) >= 11 is 6.03. The van der Waals surface area contributed by atoms with Crippen LogP contribution in [0.25, 0.3) is 22.3 Å². The van der Waals surface area contributed by atoms with Crippen LogP contribution in [0.4, 0.5) is 4.39 Å². The fraction of sp³-hybridized carbons (Fsp3) is 0.0625. The summed E-state index contributed by atoms with van der Waals surface area (Å²) in [5.41, 5.74) is 1.57. The molecule has 0 atom stereocenters. The van der Waals surface area contributed by atoms with Crippen LogP contribution in [0.3, 0.4) is 0 Å². The maximum atomic E-state index is 13.8. The van der Waals surface area contributed by atoms with E-state index in [2.05, 4.69) is 15.1 Å². The fourth-order valence-corrected chi connectivity index (χ4v) is 2.64. The number of fused-ring (bicyclic) bond motifs is 1. The topological polar surface area (TPSA) is 56.7 Å². The van der Waals surface area contributed by atoms with Gasteiger partial charge in [-0.15, -0.1) is 0 Å². The average molecular weight is 329 g/mol. The van der Waals surface area contributed by atoms with Crippen LogP contribution in [-0.4, -0.2) is 19.7 Å². The van der Waals surface area contributed by atoms with E-state index in [0.29, 0.717) is 34.4 Å². The highest BCUT2D eigenvalue weighted by atomic mass is 35.5. The van der Waals surface area contributed by atoms with Crippen LogP contribution in [0.1, 0.15) is 5.76 Å². The normalized spacial score (nSPS) is 11.2. The molecular weight excluding hydrogens is 319 g/mol. The smallest absolute Gasteiger partial charge is 0.157 e. The number of hydrogen-bond donors (Lipinski definition) is 0. The molecule has 0 aliphatic carbocycles. The van der Waals surface area contributed by atoms with Gasteiger partial charge < -0.3 is 9.09 Å². The molecule has 5 nitrogen and oxygen atoms in total. The molecule has 4 rings (SSSR count). The van der Waals surface area contributed by atoms with Crippen LogP contribution in [0.5, 0.6) is 0 Å². The van der Waals surface area contributed by atoms with E-state index in [0.717, 1.165) is 5.39 Å². The molecule has 0 saturated heterocycles. The lowest BCUT2D eigenvalue weighted by Gasteiger charge is -2.00. The molecule has 0 unspecified atom stereocenters. The first kappa shape index (κ1) is 13.9. The molecule has 0 aliphatic rings. The summed E-state index contributed by atoms with van der Waals surface area (Å²) in [6.07, 6.45) is 3.25. The van der Waals surface area contributed by atoms with Crippen LogP contribution < -0.4 is 0 Å². The third-order valence-electron chi connectivity index (χ3n) is 3.54. The van der Waals surface area contributed by atoms with Gasteiger partial charge in [0.15, 0.2) is 5.76 Å². The van der Waals surface area contributed by atoms with E-state index in [9.17, 15) is 4.39 Å². The lowest BCUT2D eigenvalue weighted by molar-refractivity contribution is 0.379. The van der Waals surface area contributed by atoms with E-state index in [4.69, 9.17) is 16.1 Å². The molecule has 0 saturated carbocycles.